The molecule has 1 nitrogen and oxygen atoms in total. The van der Waals surface area contributed by atoms with Crippen LogP contribution in [0.25, 0.3) is 0 Å². The molecule has 18 heavy (non-hydrogen) atoms. The third-order valence-electron chi connectivity index (χ3n) is 2.42. The summed E-state index contributed by atoms with van der Waals surface area (Å²) < 4.78 is 26.8. The van der Waals surface area contributed by atoms with Crippen molar-refractivity contribution in [3.05, 3.63) is 63.6 Å². The Morgan fingerprint density at radius 2 is 1.78 bits per heavy atom. The lowest BCUT2D eigenvalue weighted by molar-refractivity contribution is 0.625. The van der Waals surface area contributed by atoms with E-state index >= 15 is 0 Å². The Morgan fingerprint density at radius 1 is 1.00 bits per heavy atom. The van der Waals surface area contributed by atoms with Gasteiger partial charge in [0.1, 0.15) is 5.82 Å². The summed E-state index contributed by atoms with van der Waals surface area (Å²) in [4.78, 5) is 0. The maximum Gasteiger partial charge on any atom is 0.164 e. The monoisotopic (exact) mass is 287 g/mol. The molecule has 0 aliphatic rings. The molecule has 0 saturated carbocycles. The SMILES string of the molecule is Fc1cc(CNc2cccc(Cl)c2F)ccc1Cl. The third kappa shape index (κ3) is 2.92. The van der Waals surface area contributed by atoms with Crippen LogP contribution in [-0.2, 0) is 6.54 Å². The highest BCUT2D eigenvalue weighted by Gasteiger charge is 2.06. The van der Waals surface area contributed by atoms with Crippen molar-refractivity contribution < 1.29 is 8.78 Å². The summed E-state index contributed by atoms with van der Waals surface area (Å²) in [5, 5.41) is 2.95. The molecule has 0 aliphatic heterocycles. The molecule has 0 heterocycles. The zero-order valence-electron chi connectivity index (χ0n) is 9.18. The highest BCUT2D eigenvalue weighted by Crippen LogP contribution is 2.23. The molecule has 0 radical (unpaired) electrons. The van der Waals surface area contributed by atoms with Gasteiger partial charge in [-0.05, 0) is 29.8 Å². The fourth-order valence-electron chi connectivity index (χ4n) is 1.49. The van der Waals surface area contributed by atoms with Gasteiger partial charge in [-0.1, -0.05) is 35.3 Å². The zero-order valence-corrected chi connectivity index (χ0v) is 10.7. The van der Waals surface area contributed by atoms with Crippen LogP contribution in [0.1, 0.15) is 5.56 Å². The molecule has 0 aliphatic carbocycles. The van der Waals surface area contributed by atoms with Crippen LogP contribution in [0.2, 0.25) is 10.0 Å². The van der Waals surface area contributed by atoms with Crippen LogP contribution in [0, 0.1) is 11.6 Å². The fourth-order valence-corrected chi connectivity index (χ4v) is 1.78. The second kappa shape index (κ2) is 5.55. The van der Waals surface area contributed by atoms with Crippen LogP contribution < -0.4 is 5.32 Å². The van der Waals surface area contributed by atoms with Crippen molar-refractivity contribution in [2.45, 2.75) is 6.54 Å². The standard InChI is InChI=1S/C13H9Cl2F2N/c14-9-5-4-8(6-11(9)16)7-18-12-3-1-2-10(15)13(12)17/h1-6,18H,7H2. The van der Waals surface area contributed by atoms with E-state index in [1.54, 1.807) is 18.2 Å². The van der Waals surface area contributed by atoms with Crippen LogP contribution in [0.4, 0.5) is 14.5 Å². The molecule has 0 aromatic heterocycles. The van der Waals surface area contributed by atoms with Crippen molar-refractivity contribution in [1.29, 1.82) is 0 Å². The molecule has 2 aromatic rings. The number of halogens is 4. The maximum absolute atomic E-state index is 13.6. The van der Waals surface area contributed by atoms with Crippen molar-refractivity contribution in [2.75, 3.05) is 5.32 Å². The minimum absolute atomic E-state index is 0.0438. The van der Waals surface area contributed by atoms with E-state index in [-0.39, 0.29) is 22.3 Å². The highest BCUT2D eigenvalue weighted by atomic mass is 35.5. The number of benzene rings is 2. The van der Waals surface area contributed by atoms with Crippen LogP contribution >= 0.6 is 23.2 Å². The molecule has 0 atom stereocenters. The lowest BCUT2D eigenvalue weighted by atomic mass is 10.2. The van der Waals surface area contributed by atoms with E-state index in [1.807, 2.05) is 0 Å². The summed E-state index contributed by atoms with van der Waals surface area (Å²) in [6, 6.07) is 9.09. The molecule has 5 heteroatoms. The van der Waals surface area contributed by atoms with Gasteiger partial charge in [0.25, 0.3) is 0 Å². The van der Waals surface area contributed by atoms with Gasteiger partial charge in [0.05, 0.1) is 15.7 Å². The van der Waals surface area contributed by atoms with Crippen molar-refractivity contribution in [3.8, 4) is 0 Å². The molecule has 0 fully saturated rings. The van der Waals surface area contributed by atoms with Crippen LogP contribution in [-0.4, -0.2) is 0 Å². The summed E-state index contributed by atoms with van der Waals surface area (Å²) in [5.74, 6) is -1.02. The van der Waals surface area contributed by atoms with Gasteiger partial charge in [-0.2, -0.15) is 0 Å². The summed E-state index contributed by atoms with van der Waals surface area (Å²) in [5.41, 5.74) is 0.939. The first-order valence-electron chi connectivity index (χ1n) is 5.20. The molecular weight excluding hydrogens is 279 g/mol. The largest absolute Gasteiger partial charge is 0.379 e. The number of hydrogen-bond donors (Lipinski definition) is 1. The minimum Gasteiger partial charge on any atom is -0.379 e. The molecule has 0 unspecified atom stereocenters. The smallest absolute Gasteiger partial charge is 0.164 e. The average molecular weight is 288 g/mol. The Kier molecular flexibility index (Phi) is 4.04. The molecule has 0 spiro atoms. The second-order valence-corrected chi connectivity index (χ2v) is 4.52. The molecule has 0 amide bonds. The Bertz CT molecular complexity index is 573. The van der Waals surface area contributed by atoms with Crippen molar-refractivity contribution >= 4 is 28.9 Å². The van der Waals surface area contributed by atoms with Crippen LogP contribution in [0.3, 0.4) is 0 Å². The molecule has 0 saturated heterocycles. The minimum atomic E-state index is -0.520. The van der Waals surface area contributed by atoms with Gasteiger partial charge in [-0.25, -0.2) is 8.78 Å². The van der Waals surface area contributed by atoms with E-state index in [2.05, 4.69) is 5.32 Å². The highest BCUT2D eigenvalue weighted by molar-refractivity contribution is 6.31. The van der Waals surface area contributed by atoms with Gasteiger partial charge in [0.15, 0.2) is 5.82 Å². The van der Waals surface area contributed by atoms with Gasteiger partial charge < -0.3 is 5.32 Å². The summed E-state index contributed by atoms with van der Waals surface area (Å²) in [6.45, 7) is 0.283. The predicted octanol–water partition coefficient (Wildman–Crippen LogP) is 4.88. The molecular formula is C13H9Cl2F2N. The summed E-state index contributed by atoms with van der Waals surface area (Å²) >= 11 is 11.2. The summed E-state index contributed by atoms with van der Waals surface area (Å²) in [6.07, 6.45) is 0. The van der Waals surface area contributed by atoms with Crippen molar-refractivity contribution in [1.82, 2.24) is 0 Å². The van der Waals surface area contributed by atoms with E-state index < -0.39 is 11.6 Å². The van der Waals surface area contributed by atoms with Gasteiger partial charge in [0, 0.05) is 6.54 Å². The number of hydrogen-bond acceptors (Lipinski definition) is 1. The lowest BCUT2D eigenvalue weighted by Gasteiger charge is -2.08. The van der Waals surface area contributed by atoms with E-state index in [1.165, 1.54) is 18.2 Å². The van der Waals surface area contributed by atoms with Crippen LogP contribution in [0.15, 0.2) is 36.4 Å². The van der Waals surface area contributed by atoms with Gasteiger partial charge in [-0.3, -0.25) is 0 Å². The normalized spacial score (nSPS) is 10.4. The molecule has 94 valence electrons. The first-order valence-corrected chi connectivity index (χ1v) is 5.95. The molecule has 1 N–H and O–H groups in total. The van der Waals surface area contributed by atoms with E-state index in [4.69, 9.17) is 23.2 Å². The Morgan fingerprint density at radius 3 is 2.50 bits per heavy atom. The average Bonchev–Trinajstić information content (AvgIpc) is 2.35. The fraction of sp³-hybridized carbons (Fsp3) is 0.0769. The first-order chi connectivity index (χ1) is 8.58. The quantitative estimate of drug-likeness (QED) is 0.848. The van der Waals surface area contributed by atoms with Gasteiger partial charge >= 0.3 is 0 Å². The predicted molar refractivity (Wildman–Crippen MR) is 70.1 cm³/mol. The van der Waals surface area contributed by atoms with Gasteiger partial charge in [0.2, 0.25) is 0 Å². The van der Waals surface area contributed by atoms with Crippen molar-refractivity contribution in [2.24, 2.45) is 0 Å². The second-order valence-electron chi connectivity index (χ2n) is 3.70. The van der Waals surface area contributed by atoms with E-state index in [0.29, 0.717) is 5.56 Å². The van der Waals surface area contributed by atoms with Gasteiger partial charge in [-0.15, -0.1) is 0 Å². The Balaban J connectivity index is 2.11. The number of anilines is 1. The Hall–Kier alpha value is -1.32. The third-order valence-corrected chi connectivity index (χ3v) is 3.02. The molecule has 0 bridgehead atoms. The van der Waals surface area contributed by atoms with Crippen molar-refractivity contribution in [3.63, 3.8) is 0 Å². The zero-order chi connectivity index (χ0) is 13.1. The maximum atomic E-state index is 13.6. The Labute approximate surface area is 113 Å². The summed E-state index contributed by atoms with van der Waals surface area (Å²) in [7, 11) is 0. The molecule has 2 rings (SSSR count). The first kappa shape index (κ1) is 13.1. The topological polar surface area (TPSA) is 12.0 Å². The molecule has 2 aromatic carbocycles. The van der Waals surface area contributed by atoms with E-state index in [9.17, 15) is 8.78 Å². The van der Waals surface area contributed by atoms with E-state index in [0.717, 1.165) is 0 Å². The van der Waals surface area contributed by atoms with Crippen LogP contribution in [0.5, 0.6) is 0 Å². The number of rotatable bonds is 3. The number of nitrogens with one attached hydrogen (secondary N) is 1. The lowest BCUT2D eigenvalue weighted by Crippen LogP contribution is -2.02.